The lowest BCUT2D eigenvalue weighted by molar-refractivity contribution is 0.0944. The van der Waals surface area contributed by atoms with Crippen molar-refractivity contribution in [1.82, 2.24) is 10.6 Å². The van der Waals surface area contributed by atoms with Crippen LogP contribution in [-0.4, -0.2) is 44.9 Å². The summed E-state index contributed by atoms with van der Waals surface area (Å²) in [6, 6.07) is 0. The first-order valence-corrected chi connectivity index (χ1v) is 7.93. The third-order valence-corrected chi connectivity index (χ3v) is 4.81. The van der Waals surface area contributed by atoms with Crippen molar-refractivity contribution in [3.63, 3.8) is 0 Å². The molecule has 0 radical (unpaired) electrons. The molecule has 1 aliphatic rings. The predicted octanol–water partition coefficient (Wildman–Crippen LogP) is 0.938. The van der Waals surface area contributed by atoms with Crippen LogP contribution in [0.15, 0.2) is 0 Å². The van der Waals surface area contributed by atoms with Crippen LogP contribution in [-0.2, 0) is 0 Å². The Kier molecular flexibility index (Phi) is 4.84. The second-order valence-corrected chi connectivity index (χ2v) is 6.36. The lowest BCUT2D eigenvalue weighted by atomic mass is 10.1. The molecule has 0 atom stereocenters. The SMILES string of the molecule is CNC(=O)c1c(N2CCNCC2)sc(C(=O)C(C)C)c1N. The molecule has 1 aliphatic heterocycles. The number of nitrogen functional groups attached to an aromatic ring is 1. The minimum Gasteiger partial charge on any atom is -0.397 e. The van der Waals surface area contributed by atoms with Crippen LogP contribution in [0.2, 0.25) is 0 Å². The molecule has 7 heteroatoms. The maximum Gasteiger partial charge on any atom is 0.256 e. The van der Waals surface area contributed by atoms with E-state index in [0.717, 1.165) is 31.2 Å². The first kappa shape index (κ1) is 15.8. The maximum atomic E-state index is 12.3. The van der Waals surface area contributed by atoms with Crippen molar-refractivity contribution >= 4 is 33.7 Å². The molecule has 2 heterocycles. The second-order valence-electron chi connectivity index (χ2n) is 5.36. The summed E-state index contributed by atoms with van der Waals surface area (Å²) in [4.78, 5) is 27.1. The van der Waals surface area contributed by atoms with E-state index in [4.69, 9.17) is 5.73 Å². The molecule has 6 nitrogen and oxygen atoms in total. The zero-order valence-corrected chi connectivity index (χ0v) is 13.5. The van der Waals surface area contributed by atoms with Crippen molar-refractivity contribution in [3.05, 3.63) is 10.4 Å². The van der Waals surface area contributed by atoms with E-state index in [1.165, 1.54) is 11.3 Å². The topological polar surface area (TPSA) is 87.5 Å². The standard InChI is InChI=1S/C14H22N4O2S/c1-8(2)11(19)12-10(15)9(13(20)16-3)14(21-12)18-6-4-17-5-7-18/h8,17H,4-7,15H2,1-3H3,(H,16,20). The zero-order chi connectivity index (χ0) is 15.6. The van der Waals surface area contributed by atoms with Crippen molar-refractivity contribution < 1.29 is 9.59 Å². The second kappa shape index (κ2) is 6.44. The monoisotopic (exact) mass is 310 g/mol. The number of nitrogens with two attached hydrogens (primary N) is 1. The van der Waals surface area contributed by atoms with Crippen LogP contribution < -0.4 is 21.3 Å². The molecule has 0 bridgehead atoms. The largest absolute Gasteiger partial charge is 0.397 e. The third-order valence-electron chi connectivity index (χ3n) is 3.53. The number of carbonyl (C=O) groups excluding carboxylic acids is 2. The number of hydrogen-bond donors (Lipinski definition) is 3. The molecular formula is C14H22N4O2S. The molecule has 1 aromatic heterocycles. The van der Waals surface area contributed by atoms with Crippen LogP contribution in [0.3, 0.4) is 0 Å². The molecule has 0 aromatic carbocycles. The van der Waals surface area contributed by atoms with Crippen LogP contribution in [0.5, 0.6) is 0 Å². The van der Waals surface area contributed by atoms with Crippen molar-refractivity contribution in [2.75, 3.05) is 43.9 Å². The highest BCUT2D eigenvalue weighted by molar-refractivity contribution is 7.19. The summed E-state index contributed by atoms with van der Waals surface area (Å²) in [6.07, 6.45) is 0. The third kappa shape index (κ3) is 3.03. The molecule has 4 N–H and O–H groups in total. The number of nitrogens with one attached hydrogen (secondary N) is 2. The van der Waals surface area contributed by atoms with Gasteiger partial charge in [-0.1, -0.05) is 13.8 Å². The number of hydrogen-bond acceptors (Lipinski definition) is 6. The fraction of sp³-hybridized carbons (Fsp3) is 0.571. The van der Waals surface area contributed by atoms with E-state index in [2.05, 4.69) is 15.5 Å². The van der Waals surface area contributed by atoms with Crippen LogP contribution in [0.25, 0.3) is 0 Å². The van der Waals surface area contributed by atoms with Gasteiger partial charge in [-0.3, -0.25) is 9.59 Å². The summed E-state index contributed by atoms with van der Waals surface area (Å²) in [7, 11) is 1.57. The van der Waals surface area contributed by atoms with Crippen molar-refractivity contribution in [3.8, 4) is 0 Å². The maximum absolute atomic E-state index is 12.3. The summed E-state index contributed by atoms with van der Waals surface area (Å²) >= 11 is 1.34. The molecule has 21 heavy (non-hydrogen) atoms. The number of piperazine rings is 1. The van der Waals surface area contributed by atoms with Crippen molar-refractivity contribution in [2.24, 2.45) is 5.92 Å². The van der Waals surface area contributed by atoms with E-state index in [1.54, 1.807) is 7.05 Å². The van der Waals surface area contributed by atoms with Gasteiger partial charge < -0.3 is 21.3 Å². The summed E-state index contributed by atoms with van der Waals surface area (Å²) < 4.78 is 0. The average molecular weight is 310 g/mol. The normalized spacial score (nSPS) is 15.3. The Bertz CT molecular complexity index is 547. The number of amides is 1. The van der Waals surface area contributed by atoms with Gasteiger partial charge in [0.2, 0.25) is 0 Å². The van der Waals surface area contributed by atoms with Crippen LogP contribution in [0.1, 0.15) is 33.9 Å². The van der Waals surface area contributed by atoms with E-state index in [0.29, 0.717) is 16.1 Å². The molecule has 1 fully saturated rings. The quantitative estimate of drug-likeness (QED) is 0.720. The lowest BCUT2D eigenvalue weighted by Gasteiger charge is -2.28. The smallest absolute Gasteiger partial charge is 0.256 e. The Labute approximate surface area is 128 Å². The van der Waals surface area contributed by atoms with Crippen LogP contribution in [0, 0.1) is 5.92 Å². The number of thiophene rings is 1. The van der Waals surface area contributed by atoms with Crippen molar-refractivity contribution in [2.45, 2.75) is 13.8 Å². The molecule has 116 valence electrons. The zero-order valence-electron chi connectivity index (χ0n) is 12.7. The summed E-state index contributed by atoms with van der Waals surface area (Å²) in [5.41, 5.74) is 6.86. The predicted molar refractivity (Wildman–Crippen MR) is 86.4 cm³/mol. The van der Waals surface area contributed by atoms with Gasteiger partial charge in [-0.05, 0) is 0 Å². The molecule has 0 saturated carbocycles. The fourth-order valence-electron chi connectivity index (χ4n) is 2.31. The molecule has 0 spiro atoms. The van der Waals surface area contributed by atoms with Gasteiger partial charge in [0.1, 0.15) is 5.00 Å². The number of rotatable bonds is 4. The molecular weight excluding hydrogens is 288 g/mol. The minimum absolute atomic E-state index is 0.0102. The van der Waals surface area contributed by atoms with Gasteiger partial charge in [0, 0.05) is 39.1 Å². The average Bonchev–Trinajstić information content (AvgIpc) is 2.84. The fourth-order valence-corrected chi connectivity index (χ4v) is 3.67. The number of ketones is 1. The summed E-state index contributed by atoms with van der Waals surface area (Å²) in [5.74, 6) is -0.386. The van der Waals surface area contributed by atoms with Crippen LogP contribution in [0.4, 0.5) is 10.7 Å². The highest BCUT2D eigenvalue weighted by Gasteiger charge is 2.29. The van der Waals surface area contributed by atoms with Gasteiger partial charge in [0.05, 0.1) is 16.1 Å². The summed E-state index contributed by atoms with van der Waals surface area (Å²) in [6.45, 7) is 7.01. The van der Waals surface area contributed by atoms with E-state index in [-0.39, 0.29) is 17.6 Å². The first-order chi connectivity index (χ1) is 9.97. The highest BCUT2D eigenvalue weighted by Crippen LogP contribution is 2.39. The lowest BCUT2D eigenvalue weighted by Crippen LogP contribution is -2.43. The highest BCUT2D eigenvalue weighted by atomic mass is 32.1. The van der Waals surface area contributed by atoms with Gasteiger partial charge in [-0.2, -0.15) is 0 Å². The number of Topliss-reactive ketones (excluding diaryl/α,β-unsaturated/α-hetero) is 1. The van der Waals surface area contributed by atoms with Crippen LogP contribution >= 0.6 is 11.3 Å². The number of carbonyl (C=O) groups is 2. The van der Waals surface area contributed by atoms with Gasteiger partial charge in [-0.25, -0.2) is 0 Å². The van der Waals surface area contributed by atoms with Gasteiger partial charge >= 0.3 is 0 Å². The first-order valence-electron chi connectivity index (χ1n) is 7.11. The Hall–Kier alpha value is -1.60. The van der Waals surface area contributed by atoms with Gasteiger partial charge in [0.25, 0.3) is 5.91 Å². The Morgan fingerprint density at radius 3 is 2.48 bits per heavy atom. The molecule has 1 aromatic rings. The van der Waals surface area contributed by atoms with Gasteiger partial charge in [-0.15, -0.1) is 11.3 Å². The number of nitrogens with zero attached hydrogens (tertiary/aromatic N) is 1. The molecule has 1 saturated heterocycles. The van der Waals surface area contributed by atoms with E-state index in [9.17, 15) is 9.59 Å². The molecule has 0 unspecified atom stereocenters. The van der Waals surface area contributed by atoms with E-state index in [1.807, 2.05) is 13.8 Å². The Morgan fingerprint density at radius 1 is 1.33 bits per heavy atom. The van der Waals surface area contributed by atoms with E-state index < -0.39 is 0 Å². The molecule has 1 amide bonds. The summed E-state index contributed by atoms with van der Waals surface area (Å²) in [5, 5.41) is 6.69. The van der Waals surface area contributed by atoms with Crippen molar-refractivity contribution in [1.29, 1.82) is 0 Å². The Balaban J connectivity index is 2.49. The van der Waals surface area contributed by atoms with Gasteiger partial charge in [0.15, 0.2) is 5.78 Å². The minimum atomic E-state index is -0.236. The number of anilines is 2. The van der Waals surface area contributed by atoms with E-state index >= 15 is 0 Å². The molecule has 0 aliphatic carbocycles. The molecule has 2 rings (SSSR count). The Morgan fingerprint density at radius 2 is 1.95 bits per heavy atom.